The number of allylic oxidation sites excluding steroid dienone is 1. The van der Waals surface area contributed by atoms with Crippen molar-refractivity contribution in [3.8, 4) is 5.75 Å². The number of nitrogens with zero attached hydrogens (tertiary/aromatic N) is 2. The molecule has 1 aromatic rings. The van der Waals surface area contributed by atoms with Crippen molar-refractivity contribution in [3.63, 3.8) is 0 Å². The molecule has 28 heavy (non-hydrogen) atoms. The summed E-state index contributed by atoms with van der Waals surface area (Å²) in [6.45, 7) is 20.2. The lowest BCUT2D eigenvalue weighted by molar-refractivity contribution is 0.183. The molecule has 0 unspecified atom stereocenters. The van der Waals surface area contributed by atoms with Gasteiger partial charge in [0.2, 0.25) is 0 Å². The Labute approximate surface area is 173 Å². The number of ether oxygens (including phenoxy) is 1. The summed E-state index contributed by atoms with van der Waals surface area (Å²) in [5.74, 6) is 0.956. The maximum atomic E-state index is 5.82. The Morgan fingerprint density at radius 3 is 2.25 bits per heavy atom. The van der Waals surface area contributed by atoms with Crippen LogP contribution in [0.25, 0.3) is 0 Å². The third kappa shape index (κ3) is 7.87. The SMILES string of the molecule is CC(C)=CCN(c1ccc(OC(C)C)cc1)C1CCN(CCC(C)(C)C)CC1. The molecule has 1 heterocycles. The highest BCUT2D eigenvalue weighted by Gasteiger charge is 2.25. The molecule has 1 fully saturated rings. The first kappa shape index (κ1) is 22.8. The number of likely N-dealkylation sites (tertiary alicyclic amines) is 1. The van der Waals surface area contributed by atoms with Crippen molar-refractivity contribution >= 4 is 5.69 Å². The molecule has 0 aliphatic carbocycles. The van der Waals surface area contributed by atoms with Crippen LogP contribution in [0.5, 0.6) is 5.75 Å². The predicted molar refractivity (Wildman–Crippen MR) is 123 cm³/mol. The van der Waals surface area contributed by atoms with E-state index in [1.165, 1.54) is 50.2 Å². The second-order valence-corrected chi connectivity index (χ2v) is 9.98. The fraction of sp³-hybridized carbons (Fsp3) is 0.680. The van der Waals surface area contributed by atoms with Gasteiger partial charge in [-0.2, -0.15) is 0 Å². The van der Waals surface area contributed by atoms with Gasteiger partial charge in [-0.25, -0.2) is 0 Å². The van der Waals surface area contributed by atoms with Gasteiger partial charge >= 0.3 is 0 Å². The van der Waals surface area contributed by atoms with Crippen molar-refractivity contribution in [2.24, 2.45) is 5.41 Å². The summed E-state index contributed by atoms with van der Waals surface area (Å²) in [4.78, 5) is 5.24. The van der Waals surface area contributed by atoms with Crippen LogP contribution in [-0.4, -0.2) is 43.2 Å². The quantitative estimate of drug-likeness (QED) is 0.499. The first-order valence-corrected chi connectivity index (χ1v) is 11.0. The molecule has 2 rings (SSSR count). The highest BCUT2D eigenvalue weighted by Crippen LogP contribution is 2.27. The molecule has 0 bridgehead atoms. The Hall–Kier alpha value is -1.48. The van der Waals surface area contributed by atoms with Crippen LogP contribution in [0.1, 0.15) is 67.7 Å². The average molecular weight is 387 g/mol. The molecule has 0 N–H and O–H groups in total. The molecule has 3 nitrogen and oxygen atoms in total. The lowest BCUT2D eigenvalue weighted by atomic mass is 9.91. The van der Waals surface area contributed by atoms with Gasteiger partial charge in [0, 0.05) is 31.4 Å². The summed E-state index contributed by atoms with van der Waals surface area (Å²) >= 11 is 0. The molecule has 0 saturated carbocycles. The lowest BCUT2D eigenvalue weighted by Gasteiger charge is -2.40. The van der Waals surface area contributed by atoms with E-state index in [-0.39, 0.29) is 6.10 Å². The van der Waals surface area contributed by atoms with Crippen molar-refractivity contribution in [1.82, 2.24) is 4.90 Å². The number of benzene rings is 1. The van der Waals surface area contributed by atoms with E-state index in [1.54, 1.807) is 0 Å². The van der Waals surface area contributed by atoms with E-state index >= 15 is 0 Å². The molecular weight excluding hydrogens is 344 g/mol. The van der Waals surface area contributed by atoms with E-state index in [2.05, 4.69) is 88.6 Å². The third-order valence-corrected chi connectivity index (χ3v) is 5.41. The average Bonchev–Trinajstić information content (AvgIpc) is 2.61. The molecule has 0 aromatic heterocycles. The Balaban J connectivity index is 2.02. The maximum absolute atomic E-state index is 5.82. The first-order valence-electron chi connectivity index (χ1n) is 11.0. The molecule has 1 aromatic carbocycles. The monoisotopic (exact) mass is 386 g/mol. The van der Waals surface area contributed by atoms with Crippen LogP contribution >= 0.6 is 0 Å². The van der Waals surface area contributed by atoms with Crippen molar-refractivity contribution in [1.29, 1.82) is 0 Å². The van der Waals surface area contributed by atoms with Crippen LogP contribution in [0, 0.1) is 5.41 Å². The smallest absolute Gasteiger partial charge is 0.119 e. The molecule has 1 aliphatic rings. The third-order valence-electron chi connectivity index (χ3n) is 5.41. The minimum absolute atomic E-state index is 0.213. The van der Waals surface area contributed by atoms with Gasteiger partial charge in [0.15, 0.2) is 0 Å². The molecule has 0 atom stereocenters. The Morgan fingerprint density at radius 2 is 1.75 bits per heavy atom. The zero-order chi connectivity index (χ0) is 20.7. The molecule has 0 amide bonds. The maximum Gasteiger partial charge on any atom is 0.119 e. The Bertz CT molecular complexity index is 600. The predicted octanol–water partition coefficient (Wildman–Crippen LogP) is 6.15. The van der Waals surface area contributed by atoms with E-state index in [9.17, 15) is 0 Å². The molecule has 0 spiro atoms. The molecular formula is C25H42N2O. The minimum Gasteiger partial charge on any atom is -0.491 e. The van der Waals surface area contributed by atoms with Gasteiger partial charge < -0.3 is 14.5 Å². The van der Waals surface area contributed by atoms with Crippen LogP contribution in [0.15, 0.2) is 35.9 Å². The number of piperidine rings is 1. The van der Waals surface area contributed by atoms with E-state index in [0.717, 1.165) is 12.3 Å². The van der Waals surface area contributed by atoms with Gasteiger partial charge in [-0.15, -0.1) is 0 Å². The van der Waals surface area contributed by atoms with Crippen molar-refractivity contribution < 1.29 is 4.74 Å². The second-order valence-electron chi connectivity index (χ2n) is 9.98. The zero-order valence-electron chi connectivity index (χ0n) is 19.3. The molecule has 1 saturated heterocycles. The highest BCUT2D eigenvalue weighted by atomic mass is 16.5. The highest BCUT2D eigenvalue weighted by molar-refractivity contribution is 5.50. The van der Waals surface area contributed by atoms with E-state index in [0.29, 0.717) is 11.5 Å². The minimum atomic E-state index is 0.213. The zero-order valence-corrected chi connectivity index (χ0v) is 19.3. The first-order chi connectivity index (χ1) is 13.1. The summed E-state index contributed by atoms with van der Waals surface area (Å²) in [5, 5.41) is 0. The summed E-state index contributed by atoms with van der Waals surface area (Å²) < 4.78 is 5.82. The number of rotatable bonds is 8. The van der Waals surface area contributed by atoms with Crippen LogP contribution in [0.4, 0.5) is 5.69 Å². The normalized spacial score (nSPS) is 16.3. The molecule has 1 aliphatic heterocycles. The number of hydrogen-bond acceptors (Lipinski definition) is 3. The van der Waals surface area contributed by atoms with Gasteiger partial charge in [-0.1, -0.05) is 32.4 Å². The Kier molecular flexibility index (Phi) is 8.42. The van der Waals surface area contributed by atoms with E-state index < -0.39 is 0 Å². The van der Waals surface area contributed by atoms with Crippen molar-refractivity contribution in [2.75, 3.05) is 31.1 Å². The standard InChI is InChI=1S/C25H42N2O/c1-20(2)12-18-27(22-8-10-24(11-9-22)28-21(3)4)23-13-16-26(17-14-23)19-15-25(5,6)7/h8-12,21,23H,13-19H2,1-7H3. The van der Waals surface area contributed by atoms with Crippen LogP contribution in [0.2, 0.25) is 0 Å². The van der Waals surface area contributed by atoms with Crippen molar-refractivity contribution in [3.05, 3.63) is 35.9 Å². The fourth-order valence-corrected chi connectivity index (χ4v) is 3.68. The number of hydrogen-bond donors (Lipinski definition) is 0. The van der Waals surface area contributed by atoms with Gasteiger partial charge in [-0.05, 0) is 83.2 Å². The topological polar surface area (TPSA) is 15.7 Å². The summed E-state index contributed by atoms with van der Waals surface area (Å²) in [6.07, 6.45) is 6.32. The van der Waals surface area contributed by atoms with E-state index in [1.807, 2.05) is 0 Å². The van der Waals surface area contributed by atoms with Gasteiger partial charge in [0.25, 0.3) is 0 Å². The van der Waals surface area contributed by atoms with Crippen LogP contribution < -0.4 is 9.64 Å². The van der Waals surface area contributed by atoms with Crippen LogP contribution in [-0.2, 0) is 0 Å². The summed E-state index contributed by atoms with van der Waals surface area (Å²) in [5.41, 5.74) is 3.11. The van der Waals surface area contributed by atoms with E-state index in [4.69, 9.17) is 4.74 Å². The van der Waals surface area contributed by atoms with Crippen molar-refractivity contribution in [2.45, 2.75) is 79.9 Å². The van der Waals surface area contributed by atoms with Gasteiger partial charge in [0.1, 0.15) is 5.75 Å². The fourth-order valence-electron chi connectivity index (χ4n) is 3.68. The Morgan fingerprint density at radius 1 is 1.14 bits per heavy atom. The van der Waals surface area contributed by atoms with Gasteiger partial charge in [-0.3, -0.25) is 0 Å². The van der Waals surface area contributed by atoms with Gasteiger partial charge in [0.05, 0.1) is 6.10 Å². The lowest BCUT2D eigenvalue weighted by Crippen LogP contribution is -2.45. The number of anilines is 1. The molecule has 158 valence electrons. The molecule has 0 radical (unpaired) electrons. The summed E-state index contributed by atoms with van der Waals surface area (Å²) in [6, 6.07) is 9.29. The second kappa shape index (κ2) is 10.3. The largest absolute Gasteiger partial charge is 0.491 e. The summed E-state index contributed by atoms with van der Waals surface area (Å²) in [7, 11) is 0. The molecule has 3 heteroatoms. The van der Waals surface area contributed by atoms with Crippen LogP contribution in [0.3, 0.4) is 0 Å².